The van der Waals surface area contributed by atoms with E-state index in [-0.39, 0.29) is 5.56 Å². The van der Waals surface area contributed by atoms with Crippen LogP contribution < -0.4 is 0 Å². The highest BCUT2D eigenvalue weighted by atomic mass is 35.5. The van der Waals surface area contributed by atoms with E-state index >= 15 is 0 Å². The van der Waals surface area contributed by atoms with Gasteiger partial charge >= 0.3 is 5.97 Å². The zero-order valence-corrected chi connectivity index (χ0v) is 10.2. The number of carbonyl (C=O) groups is 2. The van der Waals surface area contributed by atoms with Gasteiger partial charge in [0.1, 0.15) is 0 Å². The second-order valence-corrected chi connectivity index (χ2v) is 3.78. The average Bonchev–Trinajstić information content (AvgIpc) is 2.28. The first-order valence-corrected chi connectivity index (χ1v) is 5.19. The number of halogens is 1. The molecule has 0 unspecified atom stereocenters. The largest absolute Gasteiger partial charge is 0.479 e. The molecule has 0 atom stereocenters. The number of nitrogens with zero attached hydrogens (tertiary/aromatic N) is 1. The molecule has 1 amide bonds. The standard InChI is InChI=1S/C11H12ClNO4/c1-7-4-3-5-8(10(7)12)11(16)13(2)17-6-9(14)15/h3-5H,6H2,1-2H3,(H,14,15). The lowest BCUT2D eigenvalue weighted by Gasteiger charge is -2.16. The summed E-state index contributed by atoms with van der Waals surface area (Å²) < 4.78 is 0. The van der Waals surface area contributed by atoms with Gasteiger partial charge in [-0.2, -0.15) is 0 Å². The van der Waals surface area contributed by atoms with Crippen molar-refractivity contribution in [1.29, 1.82) is 0 Å². The highest BCUT2D eigenvalue weighted by molar-refractivity contribution is 6.34. The predicted octanol–water partition coefficient (Wildman–Crippen LogP) is 1.74. The van der Waals surface area contributed by atoms with E-state index < -0.39 is 18.5 Å². The minimum absolute atomic E-state index is 0.277. The van der Waals surface area contributed by atoms with Gasteiger partial charge in [-0.1, -0.05) is 23.7 Å². The molecule has 17 heavy (non-hydrogen) atoms. The third-order valence-electron chi connectivity index (χ3n) is 2.09. The zero-order chi connectivity index (χ0) is 13.0. The molecule has 1 rings (SSSR count). The molecular weight excluding hydrogens is 246 g/mol. The van der Waals surface area contributed by atoms with E-state index in [9.17, 15) is 9.59 Å². The molecule has 92 valence electrons. The Morgan fingerprint density at radius 3 is 2.71 bits per heavy atom. The molecule has 0 aliphatic rings. The van der Waals surface area contributed by atoms with Crippen molar-refractivity contribution < 1.29 is 19.5 Å². The number of carboxylic acid groups (broad SMARTS) is 1. The van der Waals surface area contributed by atoms with Crippen LogP contribution >= 0.6 is 11.6 Å². The third kappa shape index (κ3) is 3.44. The number of benzene rings is 1. The maximum Gasteiger partial charge on any atom is 0.332 e. The van der Waals surface area contributed by atoms with E-state index in [1.165, 1.54) is 7.05 Å². The lowest BCUT2D eigenvalue weighted by atomic mass is 10.1. The first-order chi connectivity index (χ1) is 7.93. The molecule has 0 saturated heterocycles. The Labute approximate surface area is 104 Å². The Balaban J connectivity index is 2.82. The maximum atomic E-state index is 11.9. The maximum absolute atomic E-state index is 11.9. The van der Waals surface area contributed by atoms with Crippen LogP contribution in [0.1, 0.15) is 15.9 Å². The number of carbonyl (C=O) groups excluding carboxylic acids is 1. The van der Waals surface area contributed by atoms with Crippen LogP contribution in [0.5, 0.6) is 0 Å². The summed E-state index contributed by atoms with van der Waals surface area (Å²) in [5, 5.41) is 9.62. The van der Waals surface area contributed by atoms with Crippen molar-refractivity contribution in [2.75, 3.05) is 13.7 Å². The SMILES string of the molecule is Cc1cccc(C(=O)N(C)OCC(=O)O)c1Cl. The van der Waals surface area contributed by atoms with Crippen LogP contribution in [0.4, 0.5) is 0 Å². The van der Waals surface area contributed by atoms with Crippen molar-refractivity contribution in [3.8, 4) is 0 Å². The van der Waals surface area contributed by atoms with Gasteiger partial charge in [0.05, 0.1) is 10.6 Å². The Bertz CT molecular complexity index is 447. The van der Waals surface area contributed by atoms with Gasteiger partial charge in [-0.05, 0) is 18.6 Å². The van der Waals surface area contributed by atoms with Gasteiger partial charge in [0.25, 0.3) is 5.91 Å². The number of aryl methyl sites for hydroxylation is 1. The Morgan fingerprint density at radius 1 is 1.47 bits per heavy atom. The van der Waals surface area contributed by atoms with Gasteiger partial charge in [0.2, 0.25) is 0 Å². The minimum Gasteiger partial charge on any atom is -0.479 e. The van der Waals surface area contributed by atoms with Gasteiger partial charge in [0, 0.05) is 7.05 Å². The third-order valence-corrected chi connectivity index (χ3v) is 2.59. The van der Waals surface area contributed by atoms with Crippen LogP contribution in [0.2, 0.25) is 5.02 Å². The summed E-state index contributed by atoms with van der Waals surface area (Å²) in [6, 6.07) is 5.02. The molecule has 0 aliphatic carbocycles. The number of aliphatic carboxylic acids is 1. The predicted molar refractivity (Wildman–Crippen MR) is 61.9 cm³/mol. The fourth-order valence-electron chi connectivity index (χ4n) is 1.19. The number of carboxylic acids is 1. The summed E-state index contributed by atoms with van der Waals surface area (Å²) in [6.45, 7) is 1.20. The average molecular weight is 258 g/mol. The highest BCUT2D eigenvalue weighted by Gasteiger charge is 2.17. The minimum atomic E-state index is -1.15. The Hall–Kier alpha value is -1.59. The smallest absolute Gasteiger partial charge is 0.332 e. The normalized spacial score (nSPS) is 10.1. The molecule has 1 aromatic carbocycles. The van der Waals surface area contributed by atoms with Crippen LogP contribution in [0, 0.1) is 6.92 Å². The highest BCUT2D eigenvalue weighted by Crippen LogP contribution is 2.21. The van der Waals surface area contributed by atoms with Crippen LogP contribution in [0.15, 0.2) is 18.2 Å². The lowest BCUT2D eigenvalue weighted by Crippen LogP contribution is -2.29. The van der Waals surface area contributed by atoms with Gasteiger partial charge < -0.3 is 5.11 Å². The molecule has 0 bridgehead atoms. The van der Waals surface area contributed by atoms with E-state index in [4.69, 9.17) is 21.5 Å². The first-order valence-electron chi connectivity index (χ1n) is 4.81. The van der Waals surface area contributed by atoms with Crippen LogP contribution in [-0.2, 0) is 9.63 Å². The Morgan fingerprint density at radius 2 is 2.12 bits per heavy atom. The molecule has 0 radical (unpaired) electrons. The van der Waals surface area contributed by atoms with Gasteiger partial charge in [-0.25, -0.2) is 9.86 Å². The van der Waals surface area contributed by atoms with Crippen molar-refractivity contribution in [2.24, 2.45) is 0 Å². The molecule has 0 spiro atoms. The van der Waals surface area contributed by atoms with Crippen molar-refractivity contribution in [1.82, 2.24) is 5.06 Å². The fraction of sp³-hybridized carbons (Fsp3) is 0.273. The van der Waals surface area contributed by atoms with Gasteiger partial charge in [0.15, 0.2) is 6.61 Å². The molecule has 0 fully saturated rings. The fourth-order valence-corrected chi connectivity index (χ4v) is 1.40. The molecule has 6 heteroatoms. The van der Waals surface area contributed by atoms with E-state index in [0.29, 0.717) is 5.02 Å². The van der Waals surface area contributed by atoms with Crippen LogP contribution in [-0.4, -0.2) is 35.7 Å². The van der Waals surface area contributed by atoms with Crippen molar-refractivity contribution in [2.45, 2.75) is 6.92 Å². The monoisotopic (exact) mass is 257 g/mol. The van der Waals surface area contributed by atoms with E-state index in [1.807, 2.05) is 0 Å². The Kier molecular flexibility index (Phi) is 4.48. The van der Waals surface area contributed by atoms with Crippen molar-refractivity contribution in [3.05, 3.63) is 34.3 Å². The second-order valence-electron chi connectivity index (χ2n) is 3.41. The number of rotatable bonds is 4. The quantitative estimate of drug-likeness (QED) is 0.835. The first kappa shape index (κ1) is 13.5. The lowest BCUT2D eigenvalue weighted by molar-refractivity contribution is -0.159. The molecular formula is C11H12ClNO4. The van der Waals surface area contributed by atoms with Crippen LogP contribution in [0.3, 0.4) is 0 Å². The summed E-state index contributed by atoms with van der Waals surface area (Å²) in [5.41, 5.74) is 1.05. The molecule has 1 N–H and O–H groups in total. The molecule has 5 nitrogen and oxygen atoms in total. The zero-order valence-electron chi connectivity index (χ0n) is 9.44. The topological polar surface area (TPSA) is 66.8 Å². The molecule has 0 aromatic heterocycles. The summed E-state index contributed by atoms with van der Waals surface area (Å²) in [6.07, 6.45) is 0. The molecule has 0 saturated carbocycles. The second kappa shape index (κ2) is 5.65. The van der Waals surface area contributed by atoms with Crippen molar-refractivity contribution >= 4 is 23.5 Å². The van der Waals surface area contributed by atoms with Gasteiger partial charge in [-0.15, -0.1) is 0 Å². The van der Waals surface area contributed by atoms with E-state index in [2.05, 4.69) is 0 Å². The van der Waals surface area contributed by atoms with Gasteiger partial charge in [-0.3, -0.25) is 9.63 Å². The number of hydroxylamine groups is 2. The molecule has 0 heterocycles. The summed E-state index contributed by atoms with van der Waals surface area (Å²) in [7, 11) is 1.34. The summed E-state index contributed by atoms with van der Waals surface area (Å²) in [4.78, 5) is 26.9. The molecule has 1 aromatic rings. The van der Waals surface area contributed by atoms with E-state index in [0.717, 1.165) is 10.6 Å². The van der Waals surface area contributed by atoms with Crippen molar-refractivity contribution in [3.63, 3.8) is 0 Å². The summed E-state index contributed by atoms with van der Waals surface area (Å²) in [5.74, 6) is -1.64. The number of hydrogen-bond acceptors (Lipinski definition) is 3. The van der Waals surface area contributed by atoms with Crippen LogP contribution in [0.25, 0.3) is 0 Å². The van der Waals surface area contributed by atoms with E-state index in [1.54, 1.807) is 25.1 Å². The molecule has 0 aliphatic heterocycles. The number of amides is 1. The number of hydrogen-bond donors (Lipinski definition) is 1. The summed E-state index contributed by atoms with van der Waals surface area (Å²) >= 11 is 5.98.